The van der Waals surface area contributed by atoms with Crippen LogP contribution in [0, 0.1) is 0 Å². The average Bonchev–Trinajstić information content (AvgIpc) is 2.99. The Kier molecular flexibility index (Phi) is 11.1. The van der Waals surface area contributed by atoms with E-state index in [1.165, 1.54) is 51.4 Å². The van der Waals surface area contributed by atoms with Crippen molar-refractivity contribution in [3.05, 3.63) is 25.1 Å². The van der Waals surface area contributed by atoms with Crippen LogP contribution in [-0.4, -0.2) is 29.0 Å². The molecule has 5 nitrogen and oxygen atoms in total. The van der Waals surface area contributed by atoms with Crippen LogP contribution in [0.5, 0.6) is 0 Å². The number of carboxylic acid groups (broad SMARTS) is 1. The highest BCUT2D eigenvalue weighted by atomic mass is 16.4. The zero-order chi connectivity index (χ0) is 19.3. The maximum Gasteiger partial charge on any atom is 0.209 e. The number of quaternary nitrogens is 1. The van der Waals surface area contributed by atoms with Gasteiger partial charge in [-0.15, -0.1) is 6.58 Å². The summed E-state index contributed by atoms with van der Waals surface area (Å²) in [5.74, 6) is -0.241. The van der Waals surface area contributed by atoms with Gasteiger partial charge in [0.2, 0.25) is 5.84 Å². The van der Waals surface area contributed by atoms with Crippen LogP contribution >= 0.6 is 0 Å². The van der Waals surface area contributed by atoms with Crippen molar-refractivity contribution in [2.45, 2.75) is 90.1 Å². The number of nitrogens with zero attached hydrogens (tertiary/aromatic N) is 2. The van der Waals surface area contributed by atoms with Crippen LogP contribution in [0.1, 0.15) is 84.0 Å². The number of carbonyl (C=O) groups excluding carboxylic acids is 1. The SMILES string of the molecule is C=CCCCCCCCCCCCCC1=NC=C[N+]1(CC(=O)[O-])C(C)N. The van der Waals surface area contributed by atoms with Crippen LogP contribution in [0.2, 0.25) is 0 Å². The standard InChI is InChI=1S/C21H37N3O2/c1-3-4-5-6-7-8-9-10-11-12-13-14-15-20-23-16-17-24(20,19(2)22)18-21(25)26/h3,16-17,19H,1,4-15,18,22H2,2H3. The van der Waals surface area contributed by atoms with Crippen molar-refractivity contribution in [3.8, 4) is 0 Å². The Bertz CT molecular complexity index is 486. The number of aliphatic imine (C=N–C) groups is 1. The first kappa shape index (κ1) is 22.6. The Balaban J connectivity index is 2.12. The van der Waals surface area contributed by atoms with E-state index in [0.717, 1.165) is 31.5 Å². The van der Waals surface area contributed by atoms with E-state index >= 15 is 0 Å². The van der Waals surface area contributed by atoms with E-state index in [9.17, 15) is 9.90 Å². The number of rotatable bonds is 16. The van der Waals surface area contributed by atoms with Gasteiger partial charge in [0, 0.05) is 13.3 Å². The number of hydrogen-bond acceptors (Lipinski definition) is 4. The van der Waals surface area contributed by atoms with Gasteiger partial charge in [-0.05, 0) is 19.3 Å². The lowest BCUT2D eigenvalue weighted by molar-refractivity contribution is -0.808. The minimum absolute atomic E-state index is 0.105. The Morgan fingerprint density at radius 1 is 1.15 bits per heavy atom. The summed E-state index contributed by atoms with van der Waals surface area (Å²) in [6, 6.07) is 0. The second-order valence-electron chi connectivity index (χ2n) is 7.41. The van der Waals surface area contributed by atoms with E-state index in [-0.39, 0.29) is 17.2 Å². The molecular weight excluding hydrogens is 326 g/mol. The number of unbranched alkanes of at least 4 members (excludes halogenated alkanes) is 10. The number of hydrogen-bond donors (Lipinski definition) is 1. The second kappa shape index (κ2) is 12.8. The maximum atomic E-state index is 11.1. The lowest BCUT2D eigenvalue weighted by atomic mass is 10.0. The van der Waals surface area contributed by atoms with Crippen LogP contribution in [0.3, 0.4) is 0 Å². The molecule has 26 heavy (non-hydrogen) atoms. The van der Waals surface area contributed by atoms with E-state index in [0.29, 0.717) is 0 Å². The highest BCUT2D eigenvalue weighted by Crippen LogP contribution is 2.23. The smallest absolute Gasteiger partial charge is 0.209 e. The highest BCUT2D eigenvalue weighted by molar-refractivity contribution is 5.81. The first-order valence-corrected chi connectivity index (χ1v) is 10.2. The van der Waals surface area contributed by atoms with Gasteiger partial charge in [-0.3, -0.25) is 5.73 Å². The summed E-state index contributed by atoms with van der Waals surface area (Å²) in [7, 11) is 0. The van der Waals surface area contributed by atoms with Gasteiger partial charge in [-0.1, -0.05) is 57.4 Å². The summed E-state index contributed by atoms with van der Waals surface area (Å²) in [5.41, 5.74) is 6.05. The second-order valence-corrected chi connectivity index (χ2v) is 7.41. The van der Waals surface area contributed by atoms with Gasteiger partial charge in [0.05, 0.1) is 12.2 Å². The van der Waals surface area contributed by atoms with Crippen molar-refractivity contribution in [1.29, 1.82) is 0 Å². The predicted octanol–water partition coefficient (Wildman–Crippen LogP) is 3.61. The van der Waals surface area contributed by atoms with Gasteiger partial charge in [0.25, 0.3) is 0 Å². The third kappa shape index (κ3) is 7.83. The molecule has 0 amide bonds. The monoisotopic (exact) mass is 363 g/mol. The highest BCUT2D eigenvalue weighted by Gasteiger charge is 2.38. The number of carboxylic acids is 1. The molecule has 0 saturated heterocycles. The fourth-order valence-corrected chi connectivity index (χ4v) is 3.56. The third-order valence-corrected chi connectivity index (χ3v) is 5.21. The van der Waals surface area contributed by atoms with E-state index in [1.54, 1.807) is 12.4 Å². The molecule has 0 spiro atoms. The first-order valence-electron chi connectivity index (χ1n) is 10.2. The zero-order valence-electron chi connectivity index (χ0n) is 16.5. The van der Waals surface area contributed by atoms with E-state index in [4.69, 9.17) is 5.73 Å². The van der Waals surface area contributed by atoms with Crippen molar-refractivity contribution in [3.63, 3.8) is 0 Å². The molecule has 0 aliphatic carbocycles. The van der Waals surface area contributed by atoms with E-state index in [1.807, 2.05) is 13.0 Å². The molecular formula is C21H37N3O2. The number of nitrogens with two attached hydrogens (primary N) is 1. The topological polar surface area (TPSA) is 78.5 Å². The summed E-state index contributed by atoms with van der Waals surface area (Å²) in [5, 5.41) is 11.1. The number of allylic oxidation sites excluding steroid dienone is 1. The number of amidine groups is 1. The molecule has 5 heteroatoms. The fourth-order valence-electron chi connectivity index (χ4n) is 3.56. The molecule has 1 aliphatic rings. The average molecular weight is 364 g/mol. The van der Waals surface area contributed by atoms with Crippen LogP contribution in [0.4, 0.5) is 0 Å². The molecule has 1 aliphatic heterocycles. The minimum atomic E-state index is -1.09. The molecule has 1 heterocycles. The molecule has 2 N–H and O–H groups in total. The minimum Gasteiger partial charge on any atom is -0.544 e. The van der Waals surface area contributed by atoms with Crippen LogP contribution in [0.25, 0.3) is 0 Å². The summed E-state index contributed by atoms with van der Waals surface area (Å²) < 4.78 is 0.105. The molecule has 0 aromatic rings. The van der Waals surface area contributed by atoms with E-state index < -0.39 is 5.97 Å². The molecule has 0 bridgehead atoms. The Labute approximate surface area is 159 Å². The largest absolute Gasteiger partial charge is 0.544 e. The van der Waals surface area contributed by atoms with Gasteiger partial charge in [0.15, 0.2) is 0 Å². The normalized spacial score (nSPS) is 20.2. The Morgan fingerprint density at radius 2 is 1.69 bits per heavy atom. The first-order chi connectivity index (χ1) is 12.5. The lowest BCUT2D eigenvalue weighted by Gasteiger charge is -2.36. The molecule has 2 atom stereocenters. The zero-order valence-corrected chi connectivity index (χ0v) is 16.5. The van der Waals surface area contributed by atoms with Crippen molar-refractivity contribution in [2.24, 2.45) is 10.7 Å². The van der Waals surface area contributed by atoms with Crippen molar-refractivity contribution in [1.82, 2.24) is 0 Å². The third-order valence-electron chi connectivity index (χ3n) is 5.21. The van der Waals surface area contributed by atoms with Gasteiger partial charge in [0.1, 0.15) is 18.9 Å². The fraction of sp³-hybridized carbons (Fsp3) is 0.714. The van der Waals surface area contributed by atoms with E-state index in [2.05, 4.69) is 11.6 Å². The number of aliphatic carboxylic acids is 1. The van der Waals surface area contributed by atoms with Crippen LogP contribution in [0.15, 0.2) is 30.0 Å². The van der Waals surface area contributed by atoms with Crippen molar-refractivity contribution >= 4 is 11.8 Å². The molecule has 0 aromatic carbocycles. The van der Waals surface area contributed by atoms with Crippen LogP contribution in [-0.2, 0) is 4.79 Å². The summed E-state index contributed by atoms with van der Waals surface area (Å²) in [6.07, 6.45) is 19.7. The van der Waals surface area contributed by atoms with Gasteiger partial charge >= 0.3 is 0 Å². The molecule has 2 unspecified atom stereocenters. The Morgan fingerprint density at radius 3 is 2.19 bits per heavy atom. The van der Waals surface area contributed by atoms with Gasteiger partial charge in [-0.2, -0.15) is 0 Å². The molecule has 0 fully saturated rings. The molecule has 1 rings (SSSR count). The van der Waals surface area contributed by atoms with Gasteiger partial charge < -0.3 is 9.90 Å². The predicted molar refractivity (Wildman–Crippen MR) is 106 cm³/mol. The molecule has 0 saturated carbocycles. The number of carbonyl (C=O) groups is 1. The molecule has 0 radical (unpaired) electrons. The summed E-state index contributed by atoms with van der Waals surface area (Å²) >= 11 is 0. The van der Waals surface area contributed by atoms with Crippen LogP contribution < -0.4 is 10.8 Å². The van der Waals surface area contributed by atoms with Crippen molar-refractivity contribution in [2.75, 3.05) is 6.54 Å². The van der Waals surface area contributed by atoms with Crippen molar-refractivity contribution < 1.29 is 14.4 Å². The summed E-state index contributed by atoms with van der Waals surface area (Å²) in [6.45, 7) is 5.44. The molecule has 148 valence electrons. The Hall–Kier alpha value is -1.46. The summed E-state index contributed by atoms with van der Waals surface area (Å²) in [4.78, 5) is 15.5. The maximum absolute atomic E-state index is 11.1. The van der Waals surface area contributed by atoms with Gasteiger partial charge in [-0.25, -0.2) is 9.48 Å². The molecule has 0 aromatic heterocycles. The quantitative estimate of drug-likeness (QED) is 0.258. The lowest BCUT2D eigenvalue weighted by Crippen LogP contribution is -2.60.